The number of hydrogen-bond donors (Lipinski definition) is 1. The van der Waals surface area contributed by atoms with Gasteiger partial charge in [0.25, 0.3) is 10.1 Å². The normalized spacial score (nSPS) is 11.1. The third-order valence-corrected chi connectivity index (χ3v) is 5.26. The third kappa shape index (κ3) is 8.13. The van der Waals surface area contributed by atoms with Crippen LogP contribution < -0.4 is 39.4 Å². The predicted molar refractivity (Wildman–Crippen MR) is 104 cm³/mol. The zero-order valence-electron chi connectivity index (χ0n) is 16.7. The second kappa shape index (κ2) is 12.5. The molecule has 0 amide bonds. The second-order valence-corrected chi connectivity index (χ2v) is 8.07. The van der Waals surface area contributed by atoms with Gasteiger partial charge >= 0.3 is 29.6 Å². The van der Waals surface area contributed by atoms with Gasteiger partial charge in [0.15, 0.2) is 0 Å². The Morgan fingerprint density at radius 3 is 2.18 bits per heavy atom. The fraction of sp³-hybridized carbons (Fsp3) is 0.429. The summed E-state index contributed by atoms with van der Waals surface area (Å²) >= 11 is 0. The third-order valence-electron chi connectivity index (χ3n) is 4.40. The molecule has 28 heavy (non-hydrogen) atoms. The molecule has 0 aromatic heterocycles. The Hall–Kier alpha value is -1.05. The summed E-state index contributed by atoms with van der Waals surface area (Å²) in [6, 6.07) is 11.5. The van der Waals surface area contributed by atoms with Gasteiger partial charge in [0.2, 0.25) is 0 Å². The molecule has 2 aromatic rings. The smallest absolute Gasteiger partial charge is 0.869 e. The van der Waals surface area contributed by atoms with Gasteiger partial charge in [0.1, 0.15) is 11.5 Å². The van der Waals surface area contributed by atoms with Crippen molar-refractivity contribution in [3.63, 3.8) is 0 Å². The Morgan fingerprint density at radius 1 is 0.964 bits per heavy atom. The Balaban J connectivity index is 0.00000392. The predicted octanol–water partition coefficient (Wildman–Crippen LogP) is 2.10. The van der Waals surface area contributed by atoms with Gasteiger partial charge in [0, 0.05) is 0 Å². The minimum absolute atomic E-state index is 0. The molecule has 0 bridgehead atoms. The summed E-state index contributed by atoms with van der Waals surface area (Å²) in [4.78, 5) is -0.631. The van der Waals surface area contributed by atoms with Crippen LogP contribution in [0.4, 0.5) is 0 Å². The van der Waals surface area contributed by atoms with Crippen molar-refractivity contribution in [2.24, 2.45) is 0 Å². The van der Waals surface area contributed by atoms with Crippen molar-refractivity contribution in [1.82, 2.24) is 0 Å². The molecule has 0 heterocycles. The summed E-state index contributed by atoms with van der Waals surface area (Å²) in [5.41, 5.74) is 0.668. The molecule has 5 nitrogen and oxygen atoms in total. The molecule has 2 aromatic carbocycles. The average molecular weight is 414 g/mol. The van der Waals surface area contributed by atoms with Gasteiger partial charge < -0.3 is 9.84 Å². The van der Waals surface area contributed by atoms with E-state index in [1.165, 1.54) is 31.7 Å². The summed E-state index contributed by atoms with van der Waals surface area (Å²) < 4.78 is 38.1. The molecule has 0 aliphatic heterocycles. The number of ether oxygens (including phenoxy) is 1. The van der Waals surface area contributed by atoms with Crippen molar-refractivity contribution in [3.05, 3.63) is 48.0 Å². The van der Waals surface area contributed by atoms with Crippen LogP contribution >= 0.6 is 0 Å². The average Bonchev–Trinajstić information content (AvgIpc) is 2.63. The Kier molecular flexibility index (Phi) is 11.2. The molecular weight excluding hydrogens is 387 g/mol. The summed E-state index contributed by atoms with van der Waals surface area (Å²) in [7, 11) is -4.61. The van der Waals surface area contributed by atoms with E-state index >= 15 is 0 Å². The molecule has 7 heteroatoms. The molecular formula is C21H27NaO5S. The van der Waals surface area contributed by atoms with Crippen molar-refractivity contribution in [2.75, 3.05) is 0 Å². The van der Waals surface area contributed by atoms with Gasteiger partial charge in [-0.2, -0.15) is 8.42 Å². The van der Waals surface area contributed by atoms with Gasteiger partial charge in [-0.3, -0.25) is 4.55 Å². The topological polar surface area (TPSA) is 86.7 Å². The van der Waals surface area contributed by atoms with E-state index < -0.39 is 20.8 Å². The maximum Gasteiger partial charge on any atom is 1.00 e. The van der Waals surface area contributed by atoms with Crippen molar-refractivity contribution < 1.29 is 52.4 Å². The number of aryl methyl sites for hydroxylation is 1. The van der Waals surface area contributed by atoms with E-state index in [1.807, 2.05) is 6.07 Å². The van der Waals surface area contributed by atoms with Crippen LogP contribution in [0.2, 0.25) is 0 Å². The minimum atomic E-state index is -4.61. The molecule has 0 spiro atoms. The molecule has 0 unspecified atom stereocenters. The summed E-state index contributed by atoms with van der Waals surface area (Å²) in [5.74, 6) is -0.483. The van der Waals surface area contributed by atoms with Crippen LogP contribution in [0.25, 0.3) is 0 Å². The molecule has 0 aliphatic carbocycles. The van der Waals surface area contributed by atoms with E-state index in [0.29, 0.717) is 17.7 Å². The molecule has 0 aliphatic rings. The minimum Gasteiger partial charge on any atom is -0.869 e. The molecule has 0 saturated heterocycles. The number of hydrogen-bond acceptors (Lipinski definition) is 4. The second-order valence-electron chi connectivity index (χ2n) is 6.68. The zero-order chi connectivity index (χ0) is 19.7. The van der Waals surface area contributed by atoms with E-state index in [4.69, 9.17) is 4.74 Å². The van der Waals surface area contributed by atoms with Gasteiger partial charge in [-0.25, -0.2) is 0 Å². The van der Waals surface area contributed by atoms with E-state index in [2.05, 4.69) is 6.92 Å². The summed E-state index contributed by atoms with van der Waals surface area (Å²) in [6.45, 7) is 2.18. The maximum atomic E-state index is 12.4. The quantitative estimate of drug-likeness (QED) is 0.346. The molecule has 0 radical (unpaired) electrons. The standard InChI is InChI=1S/C21H28O5S.Na/c1-2-3-4-5-6-7-9-12-17-15-19(26-18-13-10-8-11-14-18)21(22)20(16-17)27(23,24)25;/h8,10-11,13-16,22H,2-7,9,12H2,1H3,(H,23,24,25);/q;+1/p-1. The Bertz CT molecular complexity index is 822. The molecule has 1 N–H and O–H groups in total. The molecule has 2 rings (SSSR count). The molecule has 0 fully saturated rings. The van der Waals surface area contributed by atoms with E-state index in [1.54, 1.807) is 30.3 Å². The fourth-order valence-corrected chi connectivity index (χ4v) is 3.58. The Morgan fingerprint density at radius 2 is 1.57 bits per heavy atom. The molecule has 0 saturated carbocycles. The van der Waals surface area contributed by atoms with Crippen molar-refractivity contribution in [3.8, 4) is 17.2 Å². The first-order valence-electron chi connectivity index (χ1n) is 9.46. The first-order chi connectivity index (χ1) is 12.9. The molecule has 0 atom stereocenters. The van der Waals surface area contributed by atoms with Gasteiger partial charge in [-0.1, -0.05) is 63.6 Å². The van der Waals surface area contributed by atoms with Crippen molar-refractivity contribution >= 4 is 10.1 Å². The van der Waals surface area contributed by atoms with Crippen LogP contribution in [0.1, 0.15) is 57.4 Å². The van der Waals surface area contributed by atoms with Gasteiger partial charge in [-0.15, -0.1) is 0 Å². The molecule has 148 valence electrons. The van der Waals surface area contributed by atoms with Gasteiger partial charge in [-0.05, 0) is 48.4 Å². The first-order valence-corrected chi connectivity index (χ1v) is 10.9. The largest absolute Gasteiger partial charge is 1.00 e. The monoisotopic (exact) mass is 414 g/mol. The number of unbranched alkanes of at least 4 members (excludes halogenated alkanes) is 6. The first kappa shape index (κ1) is 25.0. The van der Waals surface area contributed by atoms with E-state index in [9.17, 15) is 18.1 Å². The zero-order valence-corrected chi connectivity index (χ0v) is 19.5. The number of rotatable bonds is 11. The van der Waals surface area contributed by atoms with Crippen LogP contribution in [0.15, 0.2) is 47.4 Å². The maximum absolute atomic E-state index is 12.4. The van der Waals surface area contributed by atoms with Crippen LogP contribution in [0.5, 0.6) is 17.2 Å². The van der Waals surface area contributed by atoms with Crippen molar-refractivity contribution in [1.29, 1.82) is 0 Å². The van der Waals surface area contributed by atoms with Crippen LogP contribution in [0.3, 0.4) is 0 Å². The Labute approximate surface area is 190 Å². The van der Waals surface area contributed by atoms with Crippen molar-refractivity contribution in [2.45, 2.75) is 63.2 Å². The number of benzene rings is 2. The van der Waals surface area contributed by atoms with Gasteiger partial charge in [0.05, 0.1) is 4.90 Å². The fourth-order valence-electron chi connectivity index (χ4n) is 2.94. The van der Waals surface area contributed by atoms with E-state index in [-0.39, 0.29) is 35.3 Å². The SMILES string of the molecule is CCCCCCCCCc1cc(Oc2ccccc2)c([O-])c(S(=O)(=O)O)c1.[Na+]. The van der Waals surface area contributed by atoms with Crippen LogP contribution in [-0.2, 0) is 16.5 Å². The van der Waals surface area contributed by atoms with Crippen LogP contribution in [0, 0.1) is 0 Å². The number of para-hydroxylation sites is 1. The summed E-state index contributed by atoms with van der Waals surface area (Å²) in [6.07, 6.45) is 8.60. The van der Waals surface area contributed by atoms with Crippen LogP contribution in [-0.4, -0.2) is 13.0 Å². The summed E-state index contributed by atoms with van der Waals surface area (Å²) in [5, 5.41) is 12.4. The van der Waals surface area contributed by atoms with E-state index in [0.717, 1.165) is 19.3 Å².